The molecule has 7 heteroatoms. The SMILES string of the molecule is COc1ccc(/C=C(/NC(=O)c2ccc(OC)cc2)C(=O)NCc2ccco2)cc1. The molecule has 7 nitrogen and oxygen atoms in total. The van der Waals surface area contributed by atoms with E-state index in [0.29, 0.717) is 22.8 Å². The first-order valence-corrected chi connectivity index (χ1v) is 9.21. The van der Waals surface area contributed by atoms with Gasteiger partial charge in [-0.1, -0.05) is 12.1 Å². The largest absolute Gasteiger partial charge is 0.497 e. The van der Waals surface area contributed by atoms with Gasteiger partial charge in [-0.25, -0.2) is 0 Å². The fourth-order valence-corrected chi connectivity index (χ4v) is 2.64. The van der Waals surface area contributed by atoms with Crippen molar-refractivity contribution in [2.75, 3.05) is 14.2 Å². The van der Waals surface area contributed by atoms with Gasteiger partial charge in [0.2, 0.25) is 0 Å². The van der Waals surface area contributed by atoms with Gasteiger partial charge in [0.25, 0.3) is 11.8 Å². The predicted octanol–water partition coefficient (Wildman–Crippen LogP) is 3.38. The van der Waals surface area contributed by atoms with E-state index in [9.17, 15) is 9.59 Å². The molecule has 0 aliphatic heterocycles. The van der Waals surface area contributed by atoms with Gasteiger partial charge in [0.15, 0.2) is 0 Å². The maximum atomic E-state index is 12.8. The number of ether oxygens (including phenoxy) is 2. The molecule has 154 valence electrons. The molecular weight excluding hydrogens is 384 g/mol. The van der Waals surface area contributed by atoms with Crippen molar-refractivity contribution in [1.82, 2.24) is 10.6 Å². The second-order valence-electron chi connectivity index (χ2n) is 6.28. The molecule has 3 aromatic rings. The molecule has 1 heterocycles. The van der Waals surface area contributed by atoms with Crippen molar-refractivity contribution >= 4 is 17.9 Å². The zero-order valence-corrected chi connectivity index (χ0v) is 16.7. The number of amides is 2. The molecule has 1 aromatic heterocycles. The summed E-state index contributed by atoms with van der Waals surface area (Å²) < 4.78 is 15.5. The third kappa shape index (κ3) is 5.51. The number of hydrogen-bond donors (Lipinski definition) is 2. The predicted molar refractivity (Wildman–Crippen MR) is 112 cm³/mol. The normalized spacial score (nSPS) is 10.9. The van der Waals surface area contributed by atoms with Crippen molar-refractivity contribution in [3.63, 3.8) is 0 Å². The molecule has 0 aliphatic rings. The van der Waals surface area contributed by atoms with Gasteiger partial charge in [-0.2, -0.15) is 0 Å². The van der Waals surface area contributed by atoms with Crippen molar-refractivity contribution in [2.45, 2.75) is 6.54 Å². The van der Waals surface area contributed by atoms with Crippen molar-refractivity contribution in [3.8, 4) is 11.5 Å². The van der Waals surface area contributed by atoms with Crippen LogP contribution in [0, 0.1) is 0 Å². The molecular formula is C23H22N2O5. The number of methoxy groups -OCH3 is 2. The topological polar surface area (TPSA) is 89.8 Å². The first-order chi connectivity index (χ1) is 14.6. The Morgan fingerprint density at radius 2 is 1.57 bits per heavy atom. The van der Waals surface area contributed by atoms with E-state index < -0.39 is 11.8 Å². The van der Waals surface area contributed by atoms with Crippen LogP contribution < -0.4 is 20.1 Å². The zero-order valence-electron chi connectivity index (χ0n) is 16.7. The van der Waals surface area contributed by atoms with Crippen LogP contribution in [0.1, 0.15) is 21.7 Å². The van der Waals surface area contributed by atoms with Crippen LogP contribution in [0.4, 0.5) is 0 Å². The molecule has 0 radical (unpaired) electrons. The van der Waals surface area contributed by atoms with Gasteiger partial charge in [-0.3, -0.25) is 9.59 Å². The van der Waals surface area contributed by atoms with Crippen LogP contribution in [0.2, 0.25) is 0 Å². The Labute approximate surface area is 174 Å². The Morgan fingerprint density at radius 3 is 2.13 bits per heavy atom. The smallest absolute Gasteiger partial charge is 0.268 e. The fraction of sp³-hybridized carbons (Fsp3) is 0.130. The highest BCUT2D eigenvalue weighted by molar-refractivity contribution is 6.05. The van der Waals surface area contributed by atoms with Gasteiger partial charge in [0.1, 0.15) is 23.0 Å². The third-order valence-corrected chi connectivity index (χ3v) is 4.28. The lowest BCUT2D eigenvalue weighted by atomic mass is 10.1. The van der Waals surface area contributed by atoms with E-state index in [1.807, 2.05) is 0 Å². The van der Waals surface area contributed by atoms with Crippen LogP contribution in [-0.2, 0) is 11.3 Å². The molecule has 0 saturated carbocycles. The third-order valence-electron chi connectivity index (χ3n) is 4.28. The van der Waals surface area contributed by atoms with E-state index in [1.165, 1.54) is 6.26 Å². The van der Waals surface area contributed by atoms with E-state index in [2.05, 4.69) is 10.6 Å². The summed E-state index contributed by atoms with van der Waals surface area (Å²) >= 11 is 0. The minimum absolute atomic E-state index is 0.104. The molecule has 0 atom stereocenters. The van der Waals surface area contributed by atoms with Gasteiger partial charge >= 0.3 is 0 Å². The number of furan rings is 1. The average molecular weight is 406 g/mol. The molecule has 0 unspecified atom stereocenters. The zero-order chi connectivity index (χ0) is 21.3. The standard InChI is InChI=1S/C23H22N2O5/c1-28-18-9-5-16(6-10-18)14-21(23(27)24-15-20-4-3-13-30-20)25-22(26)17-7-11-19(29-2)12-8-17/h3-14H,15H2,1-2H3,(H,24,27)(H,25,26)/b21-14+. The number of carbonyl (C=O) groups is 2. The van der Waals surface area contributed by atoms with Crippen LogP contribution in [-0.4, -0.2) is 26.0 Å². The quantitative estimate of drug-likeness (QED) is 0.560. The molecule has 0 bridgehead atoms. The van der Waals surface area contributed by atoms with Crippen molar-refractivity contribution in [3.05, 3.63) is 89.5 Å². The Balaban J connectivity index is 1.80. The first-order valence-electron chi connectivity index (χ1n) is 9.21. The first kappa shape index (κ1) is 20.7. The number of hydrogen-bond acceptors (Lipinski definition) is 5. The maximum absolute atomic E-state index is 12.8. The number of benzene rings is 2. The van der Waals surface area contributed by atoms with E-state index in [4.69, 9.17) is 13.9 Å². The molecule has 0 fully saturated rings. The monoisotopic (exact) mass is 406 g/mol. The molecule has 2 N–H and O–H groups in total. The molecule has 2 amide bonds. The Kier molecular flexibility index (Phi) is 6.89. The van der Waals surface area contributed by atoms with Crippen LogP contribution in [0.15, 0.2) is 77.0 Å². The van der Waals surface area contributed by atoms with Crippen LogP contribution in [0.3, 0.4) is 0 Å². The highest BCUT2D eigenvalue weighted by atomic mass is 16.5. The fourth-order valence-electron chi connectivity index (χ4n) is 2.64. The minimum atomic E-state index is -0.441. The lowest BCUT2D eigenvalue weighted by Gasteiger charge is -2.11. The molecule has 2 aromatic carbocycles. The number of nitrogens with one attached hydrogen (secondary N) is 2. The minimum Gasteiger partial charge on any atom is -0.497 e. The molecule has 3 rings (SSSR count). The molecule has 0 spiro atoms. The second-order valence-corrected chi connectivity index (χ2v) is 6.28. The summed E-state index contributed by atoms with van der Waals surface area (Å²) in [5, 5.41) is 5.43. The summed E-state index contributed by atoms with van der Waals surface area (Å²) in [6.07, 6.45) is 3.12. The second kappa shape index (κ2) is 9.97. The van der Waals surface area contributed by atoms with Crippen LogP contribution in [0.5, 0.6) is 11.5 Å². The number of carbonyl (C=O) groups excluding carboxylic acids is 2. The lowest BCUT2D eigenvalue weighted by Crippen LogP contribution is -2.34. The van der Waals surface area contributed by atoms with Crippen LogP contribution >= 0.6 is 0 Å². The Hall–Kier alpha value is -4.00. The van der Waals surface area contributed by atoms with Crippen molar-refractivity contribution in [1.29, 1.82) is 0 Å². The van der Waals surface area contributed by atoms with Gasteiger partial charge in [0, 0.05) is 5.56 Å². The van der Waals surface area contributed by atoms with E-state index in [1.54, 1.807) is 81.0 Å². The van der Waals surface area contributed by atoms with Crippen molar-refractivity contribution in [2.24, 2.45) is 0 Å². The summed E-state index contributed by atoms with van der Waals surface area (Å²) in [5.41, 5.74) is 1.23. The lowest BCUT2D eigenvalue weighted by molar-refractivity contribution is -0.118. The van der Waals surface area contributed by atoms with Gasteiger partial charge in [-0.15, -0.1) is 0 Å². The van der Waals surface area contributed by atoms with Gasteiger partial charge < -0.3 is 24.5 Å². The Bertz CT molecular complexity index is 1010. The molecule has 0 aliphatic carbocycles. The van der Waals surface area contributed by atoms with Gasteiger partial charge in [0.05, 0.1) is 27.0 Å². The average Bonchev–Trinajstić information content (AvgIpc) is 3.31. The summed E-state index contributed by atoms with van der Waals surface area (Å²) in [6, 6.07) is 17.2. The highest BCUT2D eigenvalue weighted by Gasteiger charge is 2.15. The van der Waals surface area contributed by atoms with E-state index >= 15 is 0 Å². The van der Waals surface area contributed by atoms with E-state index in [-0.39, 0.29) is 12.2 Å². The Morgan fingerprint density at radius 1 is 0.933 bits per heavy atom. The number of rotatable bonds is 8. The van der Waals surface area contributed by atoms with Crippen molar-refractivity contribution < 1.29 is 23.5 Å². The summed E-state index contributed by atoms with van der Waals surface area (Å²) in [7, 11) is 3.13. The van der Waals surface area contributed by atoms with E-state index in [0.717, 1.165) is 5.56 Å². The summed E-state index contributed by atoms with van der Waals surface area (Å²) in [4.78, 5) is 25.4. The van der Waals surface area contributed by atoms with Crippen LogP contribution in [0.25, 0.3) is 6.08 Å². The van der Waals surface area contributed by atoms with Gasteiger partial charge in [-0.05, 0) is 60.2 Å². The molecule has 0 saturated heterocycles. The summed E-state index contributed by atoms with van der Waals surface area (Å²) in [5.74, 6) is 1.08. The maximum Gasteiger partial charge on any atom is 0.268 e. The summed E-state index contributed by atoms with van der Waals surface area (Å²) in [6.45, 7) is 0.199. The molecule has 30 heavy (non-hydrogen) atoms. The highest BCUT2D eigenvalue weighted by Crippen LogP contribution is 2.15.